The van der Waals surface area contributed by atoms with E-state index in [2.05, 4.69) is 13.8 Å². The predicted molar refractivity (Wildman–Crippen MR) is 90.9 cm³/mol. The van der Waals surface area contributed by atoms with Crippen molar-refractivity contribution in [1.29, 1.82) is 0 Å². The molecule has 0 amide bonds. The summed E-state index contributed by atoms with van der Waals surface area (Å²) in [7, 11) is 1.49. The van der Waals surface area contributed by atoms with Crippen molar-refractivity contribution in [3.05, 3.63) is 0 Å². The van der Waals surface area contributed by atoms with Gasteiger partial charge in [-0.2, -0.15) is 0 Å². The van der Waals surface area contributed by atoms with Crippen LogP contribution in [0.25, 0.3) is 0 Å². The van der Waals surface area contributed by atoms with E-state index >= 15 is 0 Å². The van der Waals surface area contributed by atoms with Crippen LogP contribution in [0.5, 0.6) is 0 Å². The molecule has 3 atom stereocenters. The van der Waals surface area contributed by atoms with Crippen LogP contribution >= 0.6 is 0 Å². The van der Waals surface area contributed by atoms with Crippen molar-refractivity contribution < 1.29 is 14.3 Å². The summed E-state index contributed by atoms with van der Waals surface area (Å²) in [6, 6.07) is 0. The lowest BCUT2D eigenvalue weighted by molar-refractivity contribution is -0.146. The Balaban J connectivity index is 2.18. The molecule has 0 aliphatic carbocycles. The minimum Gasteiger partial charge on any atom is -0.469 e. The van der Waals surface area contributed by atoms with Gasteiger partial charge in [0.15, 0.2) is 0 Å². The second kappa shape index (κ2) is 11.9. The summed E-state index contributed by atoms with van der Waals surface area (Å²) in [5, 5.41) is 0. The van der Waals surface area contributed by atoms with Crippen LogP contribution in [-0.2, 0) is 14.3 Å². The summed E-state index contributed by atoms with van der Waals surface area (Å²) in [5.41, 5.74) is 0. The Morgan fingerprint density at radius 2 is 1.55 bits per heavy atom. The van der Waals surface area contributed by atoms with Gasteiger partial charge in [-0.05, 0) is 12.8 Å². The molecule has 1 saturated heterocycles. The topological polar surface area (TPSA) is 38.8 Å². The molecule has 0 aromatic carbocycles. The molecular formula is C19H36O3. The Bertz CT molecular complexity index is 290. The molecule has 22 heavy (non-hydrogen) atoms. The molecule has 0 N–H and O–H groups in total. The lowest BCUT2D eigenvalue weighted by atomic mass is 9.94. The molecule has 3 unspecified atom stereocenters. The average molecular weight is 312 g/mol. The highest BCUT2D eigenvalue weighted by Crippen LogP contribution is 2.36. The van der Waals surface area contributed by atoms with Crippen molar-refractivity contribution in [3.63, 3.8) is 0 Å². The standard InChI is InChI=1S/C19H36O3/c1-4-6-8-10-11-13-15-17-18(22-17)16(19(20)21-3)14-12-9-7-5-2/h16-18H,4-15H2,1-3H3. The van der Waals surface area contributed by atoms with Crippen molar-refractivity contribution >= 4 is 5.97 Å². The Kier molecular flexibility index (Phi) is 10.6. The fourth-order valence-electron chi connectivity index (χ4n) is 3.23. The first-order valence-corrected chi connectivity index (χ1v) is 9.47. The summed E-state index contributed by atoms with van der Waals surface area (Å²) in [6.45, 7) is 4.45. The van der Waals surface area contributed by atoms with Crippen molar-refractivity contribution in [2.24, 2.45) is 5.92 Å². The molecule has 1 heterocycles. The third-order valence-corrected chi connectivity index (χ3v) is 4.73. The molecule has 0 radical (unpaired) electrons. The van der Waals surface area contributed by atoms with Crippen LogP contribution in [0, 0.1) is 5.92 Å². The van der Waals surface area contributed by atoms with E-state index < -0.39 is 0 Å². The van der Waals surface area contributed by atoms with E-state index in [4.69, 9.17) is 9.47 Å². The number of carbonyl (C=O) groups excluding carboxylic acids is 1. The van der Waals surface area contributed by atoms with Crippen LogP contribution in [0.15, 0.2) is 0 Å². The maximum Gasteiger partial charge on any atom is 0.311 e. The van der Waals surface area contributed by atoms with Crippen LogP contribution < -0.4 is 0 Å². The van der Waals surface area contributed by atoms with Gasteiger partial charge in [-0.3, -0.25) is 4.79 Å². The van der Waals surface area contributed by atoms with E-state index in [-0.39, 0.29) is 18.0 Å². The summed E-state index contributed by atoms with van der Waals surface area (Å²) in [5.74, 6) is -0.112. The van der Waals surface area contributed by atoms with Gasteiger partial charge in [0.1, 0.15) is 0 Å². The fourth-order valence-corrected chi connectivity index (χ4v) is 3.23. The van der Waals surface area contributed by atoms with E-state index in [1.54, 1.807) is 0 Å². The second-order valence-electron chi connectivity index (χ2n) is 6.67. The first-order valence-electron chi connectivity index (χ1n) is 9.47. The number of ether oxygens (including phenoxy) is 2. The highest BCUT2D eigenvalue weighted by Gasteiger charge is 2.47. The van der Waals surface area contributed by atoms with Gasteiger partial charge in [-0.1, -0.05) is 78.1 Å². The monoisotopic (exact) mass is 312 g/mol. The lowest BCUT2D eigenvalue weighted by Crippen LogP contribution is -2.23. The van der Waals surface area contributed by atoms with Crippen LogP contribution in [0.3, 0.4) is 0 Å². The molecule has 1 aliphatic heterocycles. The van der Waals surface area contributed by atoms with Crippen LogP contribution in [0.2, 0.25) is 0 Å². The van der Waals surface area contributed by atoms with E-state index in [9.17, 15) is 4.79 Å². The minimum absolute atomic E-state index is 0.0352. The highest BCUT2D eigenvalue weighted by molar-refractivity contribution is 5.73. The maximum atomic E-state index is 11.9. The third-order valence-electron chi connectivity index (χ3n) is 4.73. The zero-order chi connectivity index (χ0) is 16.2. The van der Waals surface area contributed by atoms with Crippen molar-refractivity contribution in [2.75, 3.05) is 7.11 Å². The van der Waals surface area contributed by atoms with Crippen LogP contribution in [0.4, 0.5) is 0 Å². The Morgan fingerprint density at radius 1 is 0.955 bits per heavy atom. The molecule has 3 nitrogen and oxygen atoms in total. The van der Waals surface area contributed by atoms with Gasteiger partial charge in [0, 0.05) is 0 Å². The summed E-state index contributed by atoms with van der Waals surface area (Å²) < 4.78 is 10.8. The average Bonchev–Trinajstić information content (AvgIpc) is 3.29. The number of carbonyl (C=O) groups is 1. The third kappa shape index (κ3) is 7.62. The van der Waals surface area contributed by atoms with Crippen molar-refractivity contribution in [2.45, 2.75) is 103 Å². The SMILES string of the molecule is CCCCCCCCC1OC1C(CCCCCC)C(=O)OC. The molecule has 3 heteroatoms. The van der Waals surface area contributed by atoms with Gasteiger partial charge in [-0.25, -0.2) is 0 Å². The molecule has 1 fully saturated rings. The normalized spacial score (nSPS) is 21.6. The van der Waals surface area contributed by atoms with Crippen molar-refractivity contribution in [3.8, 4) is 0 Å². The van der Waals surface area contributed by atoms with Gasteiger partial charge in [0.25, 0.3) is 0 Å². The zero-order valence-corrected chi connectivity index (χ0v) is 14.9. The first-order chi connectivity index (χ1) is 10.7. The molecule has 0 aromatic rings. The number of hydrogen-bond acceptors (Lipinski definition) is 3. The zero-order valence-electron chi connectivity index (χ0n) is 14.9. The predicted octanol–water partition coefficient (Wildman–Crippen LogP) is 5.26. The van der Waals surface area contributed by atoms with Crippen LogP contribution in [0.1, 0.15) is 90.9 Å². The Morgan fingerprint density at radius 3 is 2.18 bits per heavy atom. The number of epoxide rings is 1. The molecule has 1 rings (SSSR count). The van der Waals surface area contributed by atoms with E-state index in [1.165, 1.54) is 64.9 Å². The molecule has 130 valence electrons. The number of rotatable bonds is 14. The smallest absolute Gasteiger partial charge is 0.311 e. The maximum absolute atomic E-state index is 11.9. The fraction of sp³-hybridized carbons (Fsp3) is 0.947. The molecule has 1 aliphatic rings. The summed E-state index contributed by atoms with van der Waals surface area (Å²) >= 11 is 0. The van der Waals surface area contributed by atoms with E-state index in [0.717, 1.165) is 19.3 Å². The van der Waals surface area contributed by atoms with Gasteiger partial charge in [-0.15, -0.1) is 0 Å². The molecule has 0 bridgehead atoms. The number of esters is 1. The van der Waals surface area contributed by atoms with Gasteiger partial charge in [0.2, 0.25) is 0 Å². The summed E-state index contributed by atoms with van der Waals surface area (Å²) in [4.78, 5) is 11.9. The quantitative estimate of drug-likeness (QED) is 0.249. The van der Waals surface area contributed by atoms with Crippen LogP contribution in [-0.4, -0.2) is 25.3 Å². The van der Waals surface area contributed by atoms with Gasteiger partial charge in [0.05, 0.1) is 25.2 Å². The Hall–Kier alpha value is -0.570. The molecule has 0 spiro atoms. The second-order valence-corrected chi connectivity index (χ2v) is 6.67. The highest BCUT2D eigenvalue weighted by atomic mass is 16.6. The van der Waals surface area contributed by atoms with E-state index in [1.807, 2.05) is 0 Å². The number of methoxy groups -OCH3 is 1. The molecule has 0 aromatic heterocycles. The largest absolute Gasteiger partial charge is 0.469 e. The van der Waals surface area contributed by atoms with Gasteiger partial charge >= 0.3 is 5.97 Å². The first kappa shape index (κ1) is 19.5. The van der Waals surface area contributed by atoms with E-state index in [0.29, 0.717) is 6.10 Å². The number of unbranched alkanes of at least 4 members (excludes halogenated alkanes) is 8. The Labute approximate surface area is 137 Å². The summed E-state index contributed by atoms with van der Waals surface area (Å²) in [6.07, 6.45) is 15.1. The molecular weight excluding hydrogens is 276 g/mol. The number of hydrogen-bond donors (Lipinski definition) is 0. The lowest BCUT2D eigenvalue weighted by Gasteiger charge is -2.12. The van der Waals surface area contributed by atoms with Crippen molar-refractivity contribution in [1.82, 2.24) is 0 Å². The minimum atomic E-state index is -0.0769. The van der Waals surface area contributed by atoms with Gasteiger partial charge < -0.3 is 9.47 Å². The molecule has 0 saturated carbocycles.